The summed E-state index contributed by atoms with van der Waals surface area (Å²) < 4.78 is 72.5. The summed E-state index contributed by atoms with van der Waals surface area (Å²) in [6, 6.07) is 6.27. The number of pyridine rings is 1. The van der Waals surface area contributed by atoms with Crippen molar-refractivity contribution in [3.05, 3.63) is 47.7 Å². The zero-order valence-electron chi connectivity index (χ0n) is 38.5. The summed E-state index contributed by atoms with van der Waals surface area (Å²) in [4.78, 5) is 30.3. The molecule has 3 aliphatic rings. The molecule has 2 aromatic carbocycles. The fourth-order valence-corrected chi connectivity index (χ4v) is 15.5. The second-order valence-electron chi connectivity index (χ2n) is 19.4. The standard InChI is InChI=1S/C48H63F3N6O5Si/c1-30(2)63(31(3)4,32(5)6)22-17-36-39(50)16-15-33-23-35(61-29-59-10)24-37(40(33)36)42-41(51)43-38(26-52-42)44(56-20-12-11-13-21-57(56)46(58)62-47(7,8)9)54-45(53-43)60-28-48-18-14-19-55(48)27-34(49)25-48/h15-16,23-24,26,30-32,34H,11-14,18-21,25,27-29H2,1-10H3/t34-,48+/m1/s1. The summed E-state index contributed by atoms with van der Waals surface area (Å²) >= 11 is 0. The van der Waals surface area contributed by atoms with E-state index >= 15 is 8.78 Å². The summed E-state index contributed by atoms with van der Waals surface area (Å²) in [7, 11) is -0.837. The van der Waals surface area contributed by atoms with Gasteiger partial charge in [-0.3, -0.25) is 14.9 Å². The van der Waals surface area contributed by atoms with Crippen molar-refractivity contribution in [1.29, 1.82) is 0 Å². The first-order valence-corrected chi connectivity index (χ1v) is 24.7. The summed E-state index contributed by atoms with van der Waals surface area (Å²) in [6.07, 6.45) is 4.19. The van der Waals surface area contributed by atoms with Crippen LogP contribution in [0.1, 0.15) is 106 Å². The highest BCUT2D eigenvalue weighted by Crippen LogP contribution is 2.44. The maximum atomic E-state index is 17.9. The lowest BCUT2D eigenvalue weighted by atomic mass is 9.95. The molecule has 1 amide bonds. The molecule has 0 bridgehead atoms. The Balaban J connectivity index is 1.46. The molecule has 5 heterocycles. The van der Waals surface area contributed by atoms with Gasteiger partial charge in [0.1, 0.15) is 49.2 Å². The quantitative estimate of drug-likeness (QED) is 0.0822. The third-order valence-electron chi connectivity index (χ3n) is 13.2. The lowest BCUT2D eigenvalue weighted by Crippen LogP contribution is -2.49. The number of amides is 1. The predicted octanol–water partition coefficient (Wildman–Crippen LogP) is 10.8. The molecule has 3 aliphatic heterocycles. The van der Waals surface area contributed by atoms with E-state index in [2.05, 4.69) is 57.9 Å². The van der Waals surface area contributed by atoms with Gasteiger partial charge in [0.15, 0.2) is 18.4 Å². The number of fused-ring (bicyclic) bond motifs is 3. The van der Waals surface area contributed by atoms with Crippen molar-refractivity contribution >= 4 is 41.7 Å². The smallest absolute Gasteiger partial charge is 0.429 e. The van der Waals surface area contributed by atoms with Gasteiger partial charge in [-0.1, -0.05) is 53.5 Å². The van der Waals surface area contributed by atoms with Gasteiger partial charge in [0.2, 0.25) is 0 Å². The number of methoxy groups -OCH3 is 1. The number of aromatic nitrogens is 3. The van der Waals surface area contributed by atoms with Crippen LogP contribution < -0.4 is 14.5 Å². The first-order valence-electron chi connectivity index (χ1n) is 22.5. The Morgan fingerprint density at radius 3 is 2.40 bits per heavy atom. The Bertz CT molecular complexity index is 2380. The van der Waals surface area contributed by atoms with Gasteiger partial charge >= 0.3 is 12.1 Å². The van der Waals surface area contributed by atoms with Crippen LogP contribution in [0.15, 0.2) is 30.5 Å². The van der Waals surface area contributed by atoms with Gasteiger partial charge in [0, 0.05) is 50.3 Å². The third-order valence-corrected chi connectivity index (χ3v) is 19.5. The van der Waals surface area contributed by atoms with Gasteiger partial charge in [-0.25, -0.2) is 23.0 Å². The average molecular weight is 889 g/mol. The molecular weight excluding hydrogens is 826 g/mol. The normalized spacial score (nSPS) is 19.8. The van der Waals surface area contributed by atoms with E-state index in [1.807, 2.05) is 0 Å². The second-order valence-corrected chi connectivity index (χ2v) is 24.9. The number of anilines is 1. The van der Waals surface area contributed by atoms with E-state index in [-0.39, 0.29) is 53.0 Å². The molecule has 63 heavy (non-hydrogen) atoms. The minimum atomic E-state index is -2.34. The summed E-state index contributed by atoms with van der Waals surface area (Å²) in [5.41, 5.74) is 3.39. The van der Waals surface area contributed by atoms with E-state index in [1.165, 1.54) is 24.4 Å². The van der Waals surface area contributed by atoms with Crippen LogP contribution in [0.5, 0.6) is 11.8 Å². The van der Waals surface area contributed by atoms with Crippen LogP contribution in [0.25, 0.3) is 32.9 Å². The highest BCUT2D eigenvalue weighted by atomic mass is 28.3. The number of alkyl halides is 1. The lowest BCUT2D eigenvalue weighted by molar-refractivity contribution is 0.0232. The number of benzene rings is 2. The van der Waals surface area contributed by atoms with Crippen molar-refractivity contribution in [3.63, 3.8) is 0 Å². The molecule has 3 fully saturated rings. The van der Waals surface area contributed by atoms with E-state index in [0.29, 0.717) is 65.6 Å². The number of ether oxygens (including phenoxy) is 4. The van der Waals surface area contributed by atoms with Crippen LogP contribution in [0.3, 0.4) is 0 Å². The lowest BCUT2D eigenvalue weighted by Gasteiger charge is -2.38. The maximum absolute atomic E-state index is 17.9. The molecule has 340 valence electrons. The molecule has 3 saturated heterocycles. The Hall–Kier alpha value is -4.65. The number of halogens is 3. The van der Waals surface area contributed by atoms with Gasteiger partial charge in [-0.15, -0.1) is 5.54 Å². The van der Waals surface area contributed by atoms with Gasteiger partial charge < -0.3 is 18.9 Å². The van der Waals surface area contributed by atoms with Crippen LogP contribution in [0, 0.1) is 23.1 Å². The molecule has 4 aromatic rings. The average Bonchev–Trinajstić information content (AvgIpc) is 3.62. The van der Waals surface area contributed by atoms with Crippen LogP contribution in [-0.4, -0.2) is 103 Å². The van der Waals surface area contributed by atoms with E-state index in [4.69, 9.17) is 33.9 Å². The van der Waals surface area contributed by atoms with E-state index < -0.39 is 43.1 Å². The Labute approximate surface area is 371 Å². The van der Waals surface area contributed by atoms with Crippen LogP contribution in [0.4, 0.5) is 23.8 Å². The molecule has 0 N–H and O–H groups in total. The van der Waals surface area contributed by atoms with E-state index in [9.17, 15) is 9.18 Å². The number of rotatable bonds is 11. The van der Waals surface area contributed by atoms with Crippen LogP contribution in [0.2, 0.25) is 16.6 Å². The molecule has 2 atom stereocenters. The number of hydrogen-bond donors (Lipinski definition) is 0. The van der Waals surface area contributed by atoms with Crippen LogP contribution >= 0.6 is 0 Å². The fourth-order valence-electron chi connectivity index (χ4n) is 10.3. The molecule has 0 radical (unpaired) electrons. The molecule has 11 nitrogen and oxygen atoms in total. The van der Waals surface area contributed by atoms with Gasteiger partial charge in [0.05, 0.1) is 16.5 Å². The van der Waals surface area contributed by atoms with Gasteiger partial charge in [-0.05, 0) is 99.6 Å². The minimum Gasteiger partial charge on any atom is -0.468 e. The monoisotopic (exact) mass is 888 g/mol. The van der Waals surface area contributed by atoms with Crippen molar-refractivity contribution in [2.45, 2.75) is 135 Å². The molecule has 7 rings (SSSR count). The second kappa shape index (κ2) is 18.4. The first-order chi connectivity index (χ1) is 29.9. The third kappa shape index (κ3) is 9.18. The fraction of sp³-hybridized carbons (Fsp3) is 0.583. The number of nitrogens with zero attached hydrogens (tertiary/aromatic N) is 6. The van der Waals surface area contributed by atoms with Gasteiger partial charge in [0.25, 0.3) is 0 Å². The van der Waals surface area contributed by atoms with Crippen molar-refractivity contribution in [3.8, 4) is 34.5 Å². The van der Waals surface area contributed by atoms with Gasteiger partial charge in [-0.2, -0.15) is 9.97 Å². The largest absolute Gasteiger partial charge is 0.468 e. The summed E-state index contributed by atoms with van der Waals surface area (Å²) in [5, 5.41) is 4.40. The Morgan fingerprint density at radius 1 is 0.968 bits per heavy atom. The first kappa shape index (κ1) is 46.3. The highest BCUT2D eigenvalue weighted by Gasteiger charge is 2.49. The SMILES string of the molecule is COCOc1cc(-c2ncc3c(N4CCCCCN4C(=O)OC(C)(C)C)nc(OC[C@@]45CCCN4C[C@H](F)C5)nc3c2F)c2c(C#C[Si](C(C)C)(C(C)C)C(C)C)c(F)ccc2c1. The summed E-state index contributed by atoms with van der Waals surface area (Å²) in [6.45, 7) is 20.4. The molecule has 0 spiro atoms. The Kier molecular flexibility index (Phi) is 13.6. The zero-order chi connectivity index (χ0) is 45.4. The summed E-state index contributed by atoms with van der Waals surface area (Å²) in [5.74, 6) is 2.55. The number of carbonyl (C=O) groups excluding carboxylic acids is 1. The number of hydrogen-bond acceptors (Lipinski definition) is 10. The van der Waals surface area contributed by atoms with Crippen molar-refractivity contribution in [1.82, 2.24) is 24.9 Å². The minimum absolute atomic E-state index is 0.0823. The van der Waals surface area contributed by atoms with Crippen molar-refractivity contribution < 1.29 is 36.9 Å². The Morgan fingerprint density at radius 2 is 1.70 bits per heavy atom. The molecule has 0 unspecified atom stereocenters. The molecule has 0 saturated carbocycles. The number of hydrazine groups is 1. The zero-order valence-corrected chi connectivity index (χ0v) is 39.5. The highest BCUT2D eigenvalue weighted by molar-refractivity contribution is 6.90. The topological polar surface area (TPSA) is 102 Å². The molecule has 2 aromatic heterocycles. The van der Waals surface area contributed by atoms with Crippen molar-refractivity contribution in [2.75, 3.05) is 51.7 Å². The maximum Gasteiger partial charge on any atom is 0.429 e. The molecular formula is C48H63F3N6O5Si. The predicted molar refractivity (Wildman–Crippen MR) is 243 cm³/mol. The molecule has 15 heteroatoms. The number of carbonyl (C=O) groups is 1. The molecule has 0 aliphatic carbocycles. The van der Waals surface area contributed by atoms with Crippen molar-refractivity contribution in [2.24, 2.45) is 0 Å². The van der Waals surface area contributed by atoms with E-state index in [0.717, 1.165) is 32.2 Å². The van der Waals surface area contributed by atoms with Crippen LogP contribution in [-0.2, 0) is 9.47 Å². The van der Waals surface area contributed by atoms with E-state index in [1.54, 1.807) is 44.0 Å².